The summed E-state index contributed by atoms with van der Waals surface area (Å²) in [7, 11) is 1.75. The van der Waals surface area contributed by atoms with Crippen LogP contribution in [-0.4, -0.2) is 18.1 Å². The summed E-state index contributed by atoms with van der Waals surface area (Å²) in [6.45, 7) is 0. The third kappa shape index (κ3) is 2.42. The Morgan fingerprint density at radius 1 is 1.24 bits per heavy atom. The Hall–Kier alpha value is -1.55. The number of aliphatic hydroxyl groups excluding tert-OH is 1. The Morgan fingerprint density at radius 3 is 2.76 bits per heavy atom. The summed E-state index contributed by atoms with van der Waals surface area (Å²) >= 11 is 12.1. The predicted octanol–water partition coefficient (Wildman–Crippen LogP) is 3.59. The van der Waals surface area contributed by atoms with Crippen LogP contribution in [0, 0.1) is 0 Å². The Morgan fingerprint density at radius 2 is 2.00 bits per heavy atom. The third-order valence-electron chi connectivity index (χ3n) is 3.77. The molecule has 108 valence electrons. The molecule has 1 aliphatic rings. The van der Waals surface area contributed by atoms with Gasteiger partial charge >= 0.3 is 0 Å². The van der Waals surface area contributed by atoms with Gasteiger partial charge in [-0.1, -0.05) is 47.5 Å². The highest BCUT2D eigenvalue weighted by atomic mass is 35.5. The highest BCUT2D eigenvalue weighted by Crippen LogP contribution is 2.36. The number of hydrogen-bond donors (Lipinski definition) is 1. The minimum absolute atomic E-state index is 0.0532. The zero-order chi connectivity index (χ0) is 15.1. The molecule has 1 N–H and O–H groups in total. The molecule has 1 amide bonds. The number of carbonyl (C=O) groups excluding carboxylic acids is 1. The molecule has 0 bridgehead atoms. The number of hydrogen-bond acceptors (Lipinski definition) is 2. The summed E-state index contributed by atoms with van der Waals surface area (Å²) in [6, 6.07) is 10.7. The average Bonchev–Trinajstić information content (AvgIpc) is 2.76. The molecule has 0 saturated carbocycles. The van der Waals surface area contributed by atoms with Gasteiger partial charge in [-0.05, 0) is 23.3 Å². The maximum atomic E-state index is 11.7. The lowest BCUT2D eigenvalue weighted by Gasteiger charge is -2.16. The van der Waals surface area contributed by atoms with E-state index in [1.54, 1.807) is 36.2 Å². The van der Waals surface area contributed by atoms with Gasteiger partial charge < -0.3 is 10.0 Å². The smallest absolute Gasteiger partial charge is 0.231 e. The predicted molar refractivity (Wildman–Crippen MR) is 84.1 cm³/mol. The lowest BCUT2D eigenvalue weighted by atomic mass is 9.98. The molecule has 1 unspecified atom stereocenters. The van der Waals surface area contributed by atoms with Gasteiger partial charge in [-0.15, -0.1) is 0 Å². The molecule has 0 saturated heterocycles. The number of amides is 1. The summed E-state index contributed by atoms with van der Waals surface area (Å²) in [6.07, 6.45) is -0.516. The van der Waals surface area contributed by atoms with Crippen LogP contribution in [0.2, 0.25) is 10.0 Å². The van der Waals surface area contributed by atoms with Crippen molar-refractivity contribution in [1.82, 2.24) is 0 Å². The van der Waals surface area contributed by atoms with Gasteiger partial charge in [0, 0.05) is 18.3 Å². The van der Waals surface area contributed by atoms with Gasteiger partial charge in [-0.3, -0.25) is 4.79 Å². The minimum Gasteiger partial charge on any atom is -0.384 e. The lowest BCUT2D eigenvalue weighted by molar-refractivity contribution is -0.117. The fourth-order valence-electron chi connectivity index (χ4n) is 2.57. The first-order valence-electron chi connectivity index (χ1n) is 6.50. The van der Waals surface area contributed by atoms with Crippen LogP contribution < -0.4 is 4.90 Å². The molecule has 0 fully saturated rings. The second kappa shape index (κ2) is 5.34. The first-order valence-corrected chi connectivity index (χ1v) is 7.26. The average molecular weight is 322 g/mol. The van der Waals surface area contributed by atoms with Crippen molar-refractivity contribution in [1.29, 1.82) is 0 Å². The molecule has 2 aromatic carbocycles. The van der Waals surface area contributed by atoms with Crippen molar-refractivity contribution in [3.8, 4) is 0 Å². The largest absolute Gasteiger partial charge is 0.384 e. The number of halogens is 2. The van der Waals surface area contributed by atoms with E-state index in [-0.39, 0.29) is 5.91 Å². The maximum absolute atomic E-state index is 11.7. The van der Waals surface area contributed by atoms with Crippen molar-refractivity contribution in [2.45, 2.75) is 12.5 Å². The zero-order valence-corrected chi connectivity index (χ0v) is 12.8. The van der Waals surface area contributed by atoms with E-state index in [0.717, 1.165) is 11.3 Å². The number of nitrogens with zero attached hydrogens (tertiary/aromatic N) is 1. The van der Waals surface area contributed by atoms with Crippen LogP contribution in [0.5, 0.6) is 0 Å². The van der Waals surface area contributed by atoms with Crippen LogP contribution in [0.25, 0.3) is 0 Å². The SMILES string of the molecule is CN1C(=O)Cc2cc(C(O)c3cccc(Cl)c3Cl)ccc21. The second-order valence-corrected chi connectivity index (χ2v) is 5.85. The van der Waals surface area contributed by atoms with Crippen LogP contribution in [-0.2, 0) is 11.2 Å². The maximum Gasteiger partial charge on any atom is 0.231 e. The zero-order valence-electron chi connectivity index (χ0n) is 11.3. The van der Waals surface area contributed by atoms with E-state index in [2.05, 4.69) is 0 Å². The first kappa shape index (κ1) is 14.4. The number of aliphatic hydroxyl groups is 1. The molecule has 21 heavy (non-hydrogen) atoms. The van der Waals surface area contributed by atoms with E-state index in [9.17, 15) is 9.90 Å². The van der Waals surface area contributed by atoms with Gasteiger partial charge in [0.1, 0.15) is 6.10 Å². The van der Waals surface area contributed by atoms with Crippen molar-refractivity contribution >= 4 is 34.8 Å². The van der Waals surface area contributed by atoms with Gasteiger partial charge in [0.15, 0.2) is 0 Å². The first-order chi connectivity index (χ1) is 9.99. The Balaban J connectivity index is 2.00. The summed E-state index contributed by atoms with van der Waals surface area (Å²) < 4.78 is 0. The topological polar surface area (TPSA) is 40.5 Å². The van der Waals surface area contributed by atoms with E-state index in [4.69, 9.17) is 23.2 Å². The van der Waals surface area contributed by atoms with E-state index in [1.807, 2.05) is 12.1 Å². The molecule has 0 aromatic heterocycles. The van der Waals surface area contributed by atoms with E-state index >= 15 is 0 Å². The second-order valence-electron chi connectivity index (χ2n) is 5.06. The fourth-order valence-corrected chi connectivity index (χ4v) is 2.98. The number of carbonyl (C=O) groups is 1. The number of fused-ring (bicyclic) bond motifs is 1. The van der Waals surface area contributed by atoms with E-state index in [1.165, 1.54) is 0 Å². The molecule has 0 spiro atoms. The quantitative estimate of drug-likeness (QED) is 0.918. The number of benzene rings is 2. The van der Waals surface area contributed by atoms with Crippen LogP contribution in [0.4, 0.5) is 5.69 Å². The van der Waals surface area contributed by atoms with Gasteiger partial charge in [0.25, 0.3) is 0 Å². The molecule has 0 aliphatic carbocycles. The monoisotopic (exact) mass is 321 g/mol. The summed E-state index contributed by atoms with van der Waals surface area (Å²) in [5.74, 6) is 0.0532. The van der Waals surface area contributed by atoms with Crippen molar-refractivity contribution < 1.29 is 9.90 Å². The Bertz CT molecular complexity index is 730. The lowest BCUT2D eigenvalue weighted by Crippen LogP contribution is -2.20. The summed E-state index contributed by atoms with van der Waals surface area (Å²) in [5, 5.41) is 11.3. The van der Waals surface area contributed by atoms with Crippen LogP contribution in [0.1, 0.15) is 22.8 Å². The van der Waals surface area contributed by atoms with Gasteiger partial charge in [0.2, 0.25) is 5.91 Å². The summed E-state index contributed by atoms with van der Waals surface area (Å²) in [5.41, 5.74) is 3.05. The van der Waals surface area contributed by atoms with Crippen molar-refractivity contribution in [3.05, 3.63) is 63.1 Å². The normalized spacial score (nSPS) is 15.2. The highest BCUT2D eigenvalue weighted by Gasteiger charge is 2.25. The third-order valence-corrected chi connectivity index (χ3v) is 4.61. The molecular formula is C16H13Cl2NO2. The molecule has 3 rings (SSSR count). The molecule has 5 heteroatoms. The molecule has 3 nitrogen and oxygen atoms in total. The Kier molecular flexibility index (Phi) is 3.66. The standard InChI is InChI=1S/C16H13Cl2NO2/c1-19-13-6-5-9(7-10(13)8-14(19)20)16(21)11-3-2-4-12(17)15(11)18/h2-7,16,21H,8H2,1H3. The van der Waals surface area contributed by atoms with Crippen LogP contribution in [0.15, 0.2) is 36.4 Å². The minimum atomic E-state index is -0.873. The van der Waals surface area contributed by atoms with Crippen LogP contribution >= 0.6 is 23.2 Å². The van der Waals surface area contributed by atoms with Crippen molar-refractivity contribution in [3.63, 3.8) is 0 Å². The fraction of sp³-hybridized carbons (Fsp3) is 0.188. The van der Waals surface area contributed by atoms with Gasteiger partial charge in [-0.2, -0.15) is 0 Å². The van der Waals surface area contributed by atoms with E-state index < -0.39 is 6.10 Å². The summed E-state index contributed by atoms with van der Waals surface area (Å²) in [4.78, 5) is 13.3. The molecule has 2 aromatic rings. The van der Waals surface area contributed by atoms with Crippen molar-refractivity contribution in [2.24, 2.45) is 0 Å². The Labute approximate surface area is 132 Å². The molecule has 1 atom stereocenters. The molecule has 0 radical (unpaired) electrons. The van der Waals surface area contributed by atoms with E-state index in [0.29, 0.717) is 27.6 Å². The van der Waals surface area contributed by atoms with Crippen molar-refractivity contribution in [2.75, 3.05) is 11.9 Å². The highest BCUT2D eigenvalue weighted by molar-refractivity contribution is 6.42. The number of anilines is 1. The van der Waals surface area contributed by atoms with Gasteiger partial charge in [-0.25, -0.2) is 0 Å². The molecule has 1 aliphatic heterocycles. The number of rotatable bonds is 2. The molecule has 1 heterocycles. The van der Waals surface area contributed by atoms with Crippen LogP contribution in [0.3, 0.4) is 0 Å². The van der Waals surface area contributed by atoms with Gasteiger partial charge in [0.05, 0.1) is 16.5 Å². The number of likely N-dealkylation sites (N-methyl/N-ethyl adjacent to an activating group) is 1. The molecular weight excluding hydrogens is 309 g/mol.